The number of benzene rings is 1. The molecule has 0 aliphatic rings. The molecule has 0 atom stereocenters. The van der Waals surface area contributed by atoms with Crippen LogP contribution in [0.3, 0.4) is 0 Å². The van der Waals surface area contributed by atoms with Gasteiger partial charge in [-0.1, -0.05) is 30.9 Å². The van der Waals surface area contributed by atoms with Crippen molar-refractivity contribution in [2.75, 3.05) is 6.61 Å². The smallest absolute Gasteiger partial charge is 0.124 e. The third-order valence-electron chi connectivity index (χ3n) is 2.40. The fourth-order valence-corrected chi connectivity index (χ4v) is 2.17. The Labute approximate surface area is 111 Å². The third-order valence-corrected chi connectivity index (χ3v) is 3.18. The highest BCUT2D eigenvalue weighted by atomic mass is 32.1. The zero-order valence-electron chi connectivity index (χ0n) is 10.1. The molecule has 0 unspecified atom stereocenters. The number of nitrogens with zero attached hydrogens (tertiary/aromatic N) is 1. The molecule has 0 aliphatic carbocycles. The quantitative estimate of drug-likeness (QED) is 0.777. The molecule has 0 fully saturated rings. The monoisotopic (exact) mass is 260 g/mol. The van der Waals surface area contributed by atoms with Crippen LogP contribution in [0.4, 0.5) is 0 Å². The molecule has 2 rings (SSSR count). The van der Waals surface area contributed by atoms with Crippen molar-refractivity contribution in [1.82, 2.24) is 10.3 Å². The van der Waals surface area contributed by atoms with Gasteiger partial charge in [0.15, 0.2) is 0 Å². The molecule has 1 N–H and O–H groups in total. The van der Waals surface area contributed by atoms with E-state index in [4.69, 9.17) is 4.74 Å². The number of ether oxygens (including phenoxy) is 1. The lowest BCUT2D eigenvalue weighted by Crippen LogP contribution is -2.13. The summed E-state index contributed by atoms with van der Waals surface area (Å²) < 4.78 is 5.60. The van der Waals surface area contributed by atoms with Crippen molar-refractivity contribution in [2.45, 2.75) is 13.1 Å². The molecule has 18 heavy (non-hydrogen) atoms. The van der Waals surface area contributed by atoms with E-state index in [2.05, 4.69) is 22.9 Å². The van der Waals surface area contributed by atoms with Crippen LogP contribution in [0.2, 0.25) is 0 Å². The minimum absolute atomic E-state index is 0.531. The molecule has 0 spiro atoms. The van der Waals surface area contributed by atoms with Crippen LogP contribution in [-0.2, 0) is 13.1 Å². The molecule has 0 amide bonds. The van der Waals surface area contributed by atoms with Crippen molar-refractivity contribution in [3.8, 4) is 5.75 Å². The highest BCUT2D eigenvalue weighted by Gasteiger charge is 2.02. The van der Waals surface area contributed by atoms with Crippen molar-refractivity contribution in [3.63, 3.8) is 0 Å². The van der Waals surface area contributed by atoms with Gasteiger partial charge >= 0.3 is 0 Å². The Balaban J connectivity index is 1.89. The summed E-state index contributed by atoms with van der Waals surface area (Å²) in [5.41, 5.74) is 1.15. The van der Waals surface area contributed by atoms with Gasteiger partial charge in [0.25, 0.3) is 0 Å². The summed E-state index contributed by atoms with van der Waals surface area (Å²) in [6.07, 6.45) is 3.57. The predicted molar refractivity (Wildman–Crippen MR) is 74.8 cm³/mol. The molecule has 94 valence electrons. The van der Waals surface area contributed by atoms with Crippen LogP contribution in [-0.4, -0.2) is 11.6 Å². The van der Waals surface area contributed by atoms with E-state index in [0.29, 0.717) is 6.61 Å². The van der Waals surface area contributed by atoms with Gasteiger partial charge in [-0.15, -0.1) is 11.3 Å². The molecular formula is C14H16N2OS. The van der Waals surface area contributed by atoms with Crippen LogP contribution in [0.25, 0.3) is 0 Å². The van der Waals surface area contributed by atoms with E-state index >= 15 is 0 Å². The van der Waals surface area contributed by atoms with Crippen LogP contribution >= 0.6 is 11.3 Å². The summed E-state index contributed by atoms with van der Waals surface area (Å²) in [6.45, 7) is 5.74. The lowest BCUT2D eigenvalue weighted by atomic mass is 10.2. The molecular weight excluding hydrogens is 244 g/mol. The first-order valence-electron chi connectivity index (χ1n) is 5.81. The summed E-state index contributed by atoms with van der Waals surface area (Å²) in [4.78, 5) is 4.23. The molecule has 1 aromatic carbocycles. The lowest BCUT2D eigenvalue weighted by Gasteiger charge is -2.10. The van der Waals surface area contributed by atoms with E-state index in [-0.39, 0.29) is 0 Å². The minimum Gasteiger partial charge on any atom is -0.489 e. The predicted octanol–water partition coefficient (Wildman–Crippen LogP) is 3.00. The Hall–Kier alpha value is -1.65. The summed E-state index contributed by atoms with van der Waals surface area (Å²) >= 11 is 1.66. The highest BCUT2D eigenvalue weighted by molar-refractivity contribution is 7.09. The number of aromatic nitrogens is 1. The van der Waals surface area contributed by atoms with Gasteiger partial charge in [0.1, 0.15) is 17.4 Å². The zero-order chi connectivity index (χ0) is 12.6. The van der Waals surface area contributed by atoms with Crippen molar-refractivity contribution in [3.05, 3.63) is 59.1 Å². The Bertz CT molecular complexity index is 482. The zero-order valence-corrected chi connectivity index (χ0v) is 11.0. The molecule has 4 heteroatoms. The molecule has 2 aromatic rings. The maximum atomic E-state index is 5.60. The Morgan fingerprint density at radius 3 is 3.00 bits per heavy atom. The molecule has 1 aromatic heterocycles. The molecule has 3 nitrogen and oxygen atoms in total. The van der Waals surface area contributed by atoms with Crippen LogP contribution in [0.1, 0.15) is 10.6 Å². The van der Waals surface area contributed by atoms with Crippen LogP contribution in [0.5, 0.6) is 5.75 Å². The second-order valence-electron chi connectivity index (χ2n) is 3.74. The molecule has 0 saturated heterocycles. The minimum atomic E-state index is 0.531. The first-order valence-corrected chi connectivity index (χ1v) is 6.69. The standard InChI is InChI=1S/C14H16N2OS/c1-2-8-17-13-6-4-3-5-12(13)10-15-11-14-16-7-9-18-14/h2-7,9,15H,1,8,10-11H2. The van der Waals surface area contributed by atoms with Gasteiger partial charge < -0.3 is 10.1 Å². The number of rotatable bonds is 7. The van der Waals surface area contributed by atoms with Crippen molar-refractivity contribution < 1.29 is 4.74 Å². The fourth-order valence-electron chi connectivity index (χ4n) is 1.58. The molecule has 0 aliphatic heterocycles. The molecule has 0 bridgehead atoms. The summed E-state index contributed by atoms with van der Waals surface area (Å²) in [5.74, 6) is 0.907. The average molecular weight is 260 g/mol. The fraction of sp³-hybridized carbons (Fsp3) is 0.214. The topological polar surface area (TPSA) is 34.1 Å². The van der Waals surface area contributed by atoms with E-state index in [1.165, 1.54) is 0 Å². The van der Waals surface area contributed by atoms with Crippen molar-refractivity contribution in [2.24, 2.45) is 0 Å². The maximum absolute atomic E-state index is 5.60. The summed E-state index contributed by atoms with van der Waals surface area (Å²) in [6, 6.07) is 8.03. The SMILES string of the molecule is C=CCOc1ccccc1CNCc1nccs1. The maximum Gasteiger partial charge on any atom is 0.124 e. The van der Waals surface area contributed by atoms with Crippen LogP contribution in [0.15, 0.2) is 48.5 Å². The lowest BCUT2D eigenvalue weighted by molar-refractivity contribution is 0.358. The van der Waals surface area contributed by atoms with E-state index in [0.717, 1.165) is 29.4 Å². The van der Waals surface area contributed by atoms with Gasteiger partial charge in [-0.3, -0.25) is 0 Å². The van der Waals surface area contributed by atoms with Gasteiger partial charge in [0.2, 0.25) is 0 Å². The largest absolute Gasteiger partial charge is 0.489 e. The van der Waals surface area contributed by atoms with E-state index in [9.17, 15) is 0 Å². The number of para-hydroxylation sites is 1. The third kappa shape index (κ3) is 3.68. The number of thiazole rings is 1. The van der Waals surface area contributed by atoms with E-state index in [1.54, 1.807) is 17.4 Å². The molecule has 0 radical (unpaired) electrons. The Kier molecular flexibility index (Phi) is 4.93. The normalized spacial score (nSPS) is 10.2. The highest BCUT2D eigenvalue weighted by Crippen LogP contribution is 2.17. The van der Waals surface area contributed by atoms with Crippen molar-refractivity contribution in [1.29, 1.82) is 0 Å². The van der Waals surface area contributed by atoms with Crippen LogP contribution in [0, 0.1) is 0 Å². The second-order valence-corrected chi connectivity index (χ2v) is 4.72. The molecule has 0 saturated carbocycles. The van der Waals surface area contributed by atoms with Crippen LogP contribution < -0.4 is 10.1 Å². The summed E-state index contributed by atoms with van der Waals surface area (Å²) in [5, 5.41) is 6.44. The number of nitrogens with one attached hydrogen (secondary N) is 1. The first kappa shape index (κ1) is 12.8. The Morgan fingerprint density at radius 1 is 1.33 bits per heavy atom. The summed E-state index contributed by atoms with van der Waals surface area (Å²) in [7, 11) is 0. The van der Waals surface area contributed by atoms with Gasteiger partial charge in [0.05, 0.1) is 0 Å². The number of hydrogen-bond donors (Lipinski definition) is 1. The first-order chi connectivity index (χ1) is 8.90. The van der Waals surface area contributed by atoms with E-state index < -0.39 is 0 Å². The average Bonchev–Trinajstić information content (AvgIpc) is 2.91. The second kappa shape index (κ2) is 6.93. The van der Waals surface area contributed by atoms with Gasteiger partial charge in [-0.25, -0.2) is 4.98 Å². The van der Waals surface area contributed by atoms with E-state index in [1.807, 2.05) is 29.8 Å². The van der Waals surface area contributed by atoms with Gasteiger partial charge in [0, 0.05) is 30.2 Å². The molecule has 1 heterocycles. The van der Waals surface area contributed by atoms with Crippen molar-refractivity contribution >= 4 is 11.3 Å². The van der Waals surface area contributed by atoms with Gasteiger partial charge in [-0.2, -0.15) is 0 Å². The Morgan fingerprint density at radius 2 is 2.22 bits per heavy atom. The van der Waals surface area contributed by atoms with Gasteiger partial charge in [-0.05, 0) is 6.07 Å². The number of hydrogen-bond acceptors (Lipinski definition) is 4.